The summed E-state index contributed by atoms with van der Waals surface area (Å²) < 4.78 is 11.3. The molecule has 0 aromatic heterocycles. The van der Waals surface area contributed by atoms with Crippen molar-refractivity contribution in [2.45, 2.75) is 97.5 Å². The molecule has 0 saturated heterocycles. The Kier molecular flexibility index (Phi) is 17.1. The SMILES string of the molecule is CCC=COCCCC(CCCCCCCCC)OCC. The summed E-state index contributed by atoms with van der Waals surface area (Å²) in [6.45, 7) is 8.13. The molecule has 0 amide bonds. The molecule has 2 heteroatoms. The standard InChI is InChI=1S/C19H38O2/c1-4-7-9-10-11-12-13-15-19(21-6-3)16-14-18-20-17-8-5-2/h8,17,19H,4-7,9-16,18H2,1-3H3. The van der Waals surface area contributed by atoms with E-state index in [-0.39, 0.29) is 0 Å². The minimum atomic E-state index is 0.435. The van der Waals surface area contributed by atoms with Crippen molar-refractivity contribution in [3.05, 3.63) is 12.3 Å². The van der Waals surface area contributed by atoms with Crippen molar-refractivity contribution in [2.75, 3.05) is 13.2 Å². The van der Waals surface area contributed by atoms with Crippen LogP contribution in [0.25, 0.3) is 0 Å². The highest BCUT2D eigenvalue weighted by Gasteiger charge is 2.07. The molecule has 126 valence electrons. The molecule has 2 nitrogen and oxygen atoms in total. The highest BCUT2D eigenvalue weighted by atomic mass is 16.5. The Balaban J connectivity index is 3.50. The molecular weight excluding hydrogens is 260 g/mol. The van der Waals surface area contributed by atoms with Gasteiger partial charge >= 0.3 is 0 Å². The Morgan fingerprint density at radius 1 is 0.810 bits per heavy atom. The van der Waals surface area contributed by atoms with Crippen LogP contribution in [0.1, 0.15) is 91.4 Å². The second-order valence-corrected chi connectivity index (χ2v) is 5.78. The van der Waals surface area contributed by atoms with Crippen LogP contribution in [0.2, 0.25) is 0 Å². The molecule has 0 heterocycles. The fraction of sp³-hybridized carbons (Fsp3) is 0.895. The Bertz CT molecular complexity index is 214. The van der Waals surface area contributed by atoms with E-state index in [1.54, 1.807) is 0 Å². The largest absolute Gasteiger partial charge is 0.502 e. The van der Waals surface area contributed by atoms with E-state index >= 15 is 0 Å². The first-order valence-corrected chi connectivity index (χ1v) is 9.23. The Morgan fingerprint density at radius 2 is 1.48 bits per heavy atom. The lowest BCUT2D eigenvalue weighted by atomic mass is 10.0. The summed E-state index contributed by atoms with van der Waals surface area (Å²) in [5.41, 5.74) is 0. The second-order valence-electron chi connectivity index (χ2n) is 5.78. The van der Waals surface area contributed by atoms with Gasteiger partial charge in [0.05, 0.1) is 19.0 Å². The normalized spacial score (nSPS) is 12.9. The third kappa shape index (κ3) is 15.7. The summed E-state index contributed by atoms with van der Waals surface area (Å²) in [4.78, 5) is 0. The topological polar surface area (TPSA) is 18.5 Å². The average Bonchev–Trinajstić information content (AvgIpc) is 2.49. The third-order valence-electron chi connectivity index (χ3n) is 3.75. The summed E-state index contributed by atoms with van der Waals surface area (Å²) >= 11 is 0. The third-order valence-corrected chi connectivity index (χ3v) is 3.75. The van der Waals surface area contributed by atoms with Crippen LogP contribution in [0, 0.1) is 0 Å². The molecule has 0 aliphatic carbocycles. The van der Waals surface area contributed by atoms with Gasteiger partial charge in [-0.3, -0.25) is 0 Å². The molecule has 0 bridgehead atoms. The van der Waals surface area contributed by atoms with Crippen LogP contribution >= 0.6 is 0 Å². The fourth-order valence-electron chi connectivity index (χ4n) is 2.50. The van der Waals surface area contributed by atoms with E-state index < -0.39 is 0 Å². The highest BCUT2D eigenvalue weighted by Crippen LogP contribution is 2.14. The Hall–Kier alpha value is -0.500. The van der Waals surface area contributed by atoms with E-state index in [4.69, 9.17) is 9.47 Å². The molecule has 0 radical (unpaired) electrons. The number of allylic oxidation sites excluding steroid dienone is 1. The molecule has 0 aliphatic heterocycles. The van der Waals surface area contributed by atoms with Crippen molar-refractivity contribution in [3.8, 4) is 0 Å². The fourth-order valence-corrected chi connectivity index (χ4v) is 2.50. The molecule has 0 aromatic carbocycles. The first-order valence-electron chi connectivity index (χ1n) is 9.23. The van der Waals surface area contributed by atoms with Crippen molar-refractivity contribution < 1.29 is 9.47 Å². The summed E-state index contributed by atoms with van der Waals surface area (Å²) in [7, 11) is 0. The van der Waals surface area contributed by atoms with Gasteiger partial charge < -0.3 is 9.47 Å². The van der Waals surface area contributed by atoms with E-state index in [0.29, 0.717) is 6.10 Å². The van der Waals surface area contributed by atoms with Crippen LogP contribution in [-0.2, 0) is 9.47 Å². The minimum Gasteiger partial charge on any atom is -0.502 e. The Labute approximate surface area is 133 Å². The number of ether oxygens (including phenoxy) is 2. The van der Waals surface area contributed by atoms with E-state index in [2.05, 4.69) is 26.8 Å². The lowest BCUT2D eigenvalue weighted by Gasteiger charge is -2.16. The second kappa shape index (κ2) is 17.6. The van der Waals surface area contributed by atoms with Gasteiger partial charge in [-0.15, -0.1) is 0 Å². The van der Waals surface area contributed by atoms with Crippen LogP contribution in [-0.4, -0.2) is 19.3 Å². The van der Waals surface area contributed by atoms with Gasteiger partial charge in [0, 0.05) is 6.61 Å². The van der Waals surface area contributed by atoms with Gasteiger partial charge in [-0.1, -0.05) is 64.9 Å². The maximum atomic E-state index is 5.84. The van der Waals surface area contributed by atoms with Crippen molar-refractivity contribution in [3.63, 3.8) is 0 Å². The quantitative estimate of drug-likeness (QED) is 0.247. The van der Waals surface area contributed by atoms with E-state index in [1.165, 1.54) is 51.4 Å². The molecule has 1 atom stereocenters. The van der Waals surface area contributed by atoms with Crippen LogP contribution in [0.4, 0.5) is 0 Å². The molecule has 0 N–H and O–H groups in total. The van der Waals surface area contributed by atoms with Crippen molar-refractivity contribution >= 4 is 0 Å². The van der Waals surface area contributed by atoms with Gasteiger partial charge in [-0.2, -0.15) is 0 Å². The zero-order valence-electron chi connectivity index (χ0n) is 14.7. The van der Waals surface area contributed by atoms with Gasteiger partial charge in [-0.05, 0) is 32.6 Å². The first-order chi connectivity index (χ1) is 10.3. The predicted octanol–water partition coefficient (Wildman–Crippen LogP) is 6.25. The predicted molar refractivity (Wildman–Crippen MR) is 92.6 cm³/mol. The molecule has 1 unspecified atom stereocenters. The number of rotatable bonds is 16. The number of unbranched alkanes of at least 4 members (excludes halogenated alkanes) is 6. The van der Waals surface area contributed by atoms with E-state index in [1.807, 2.05) is 6.26 Å². The number of hydrogen-bond acceptors (Lipinski definition) is 2. The van der Waals surface area contributed by atoms with Crippen molar-refractivity contribution in [1.82, 2.24) is 0 Å². The molecule has 0 rings (SSSR count). The van der Waals surface area contributed by atoms with E-state index in [0.717, 1.165) is 32.5 Å². The van der Waals surface area contributed by atoms with Gasteiger partial charge in [0.2, 0.25) is 0 Å². The smallest absolute Gasteiger partial charge is 0.0874 e. The molecule has 0 fully saturated rings. The van der Waals surface area contributed by atoms with Gasteiger partial charge in [0.25, 0.3) is 0 Å². The monoisotopic (exact) mass is 298 g/mol. The first kappa shape index (κ1) is 20.5. The average molecular weight is 299 g/mol. The van der Waals surface area contributed by atoms with Crippen molar-refractivity contribution in [2.24, 2.45) is 0 Å². The lowest BCUT2D eigenvalue weighted by molar-refractivity contribution is 0.0433. The van der Waals surface area contributed by atoms with Gasteiger partial charge in [0.15, 0.2) is 0 Å². The summed E-state index contributed by atoms with van der Waals surface area (Å²) in [6, 6.07) is 0. The molecule has 21 heavy (non-hydrogen) atoms. The molecular formula is C19H38O2. The number of hydrogen-bond donors (Lipinski definition) is 0. The van der Waals surface area contributed by atoms with Crippen LogP contribution in [0.5, 0.6) is 0 Å². The highest BCUT2D eigenvalue weighted by molar-refractivity contribution is 4.70. The maximum absolute atomic E-state index is 5.84. The molecule has 0 spiro atoms. The van der Waals surface area contributed by atoms with Crippen LogP contribution in [0.3, 0.4) is 0 Å². The lowest BCUT2D eigenvalue weighted by Crippen LogP contribution is -2.13. The van der Waals surface area contributed by atoms with Gasteiger partial charge in [-0.25, -0.2) is 0 Å². The zero-order valence-corrected chi connectivity index (χ0v) is 14.7. The molecule has 0 aliphatic rings. The Morgan fingerprint density at radius 3 is 2.14 bits per heavy atom. The minimum absolute atomic E-state index is 0.435. The summed E-state index contributed by atoms with van der Waals surface area (Å²) in [5, 5.41) is 0. The van der Waals surface area contributed by atoms with E-state index in [9.17, 15) is 0 Å². The molecule has 0 saturated carbocycles. The van der Waals surface area contributed by atoms with Gasteiger partial charge in [0.1, 0.15) is 0 Å². The van der Waals surface area contributed by atoms with Crippen LogP contribution < -0.4 is 0 Å². The summed E-state index contributed by atoms with van der Waals surface area (Å²) in [5.74, 6) is 0. The molecule has 0 aromatic rings. The maximum Gasteiger partial charge on any atom is 0.0874 e. The van der Waals surface area contributed by atoms with Crippen molar-refractivity contribution in [1.29, 1.82) is 0 Å². The summed E-state index contributed by atoms with van der Waals surface area (Å²) in [6.07, 6.45) is 18.4. The van der Waals surface area contributed by atoms with Crippen LogP contribution in [0.15, 0.2) is 12.3 Å². The zero-order chi connectivity index (χ0) is 15.6.